The molecule has 0 fully saturated rings. The quantitative estimate of drug-likeness (QED) is 0.830. The van der Waals surface area contributed by atoms with E-state index in [2.05, 4.69) is 10.3 Å². The summed E-state index contributed by atoms with van der Waals surface area (Å²) in [6.07, 6.45) is 0. The van der Waals surface area contributed by atoms with E-state index in [0.29, 0.717) is 22.7 Å². The summed E-state index contributed by atoms with van der Waals surface area (Å²) in [6.45, 7) is 0. The number of anilines is 1. The van der Waals surface area contributed by atoms with Crippen LogP contribution in [0.25, 0.3) is 4.98 Å². The second-order valence-corrected chi connectivity index (χ2v) is 4.14. The lowest BCUT2D eigenvalue weighted by molar-refractivity contribution is -0.0000126. The summed E-state index contributed by atoms with van der Waals surface area (Å²) >= 11 is 0. The second kappa shape index (κ2) is 7.86. The third-order valence-electron chi connectivity index (χ3n) is 2.89. The molecule has 1 N–H and O–H groups in total. The normalized spacial score (nSPS) is 9.14. The molecule has 0 radical (unpaired) electrons. The van der Waals surface area contributed by atoms with Gasteiger partial charge in [0, 0.05) is 11.6 Å². The zero-order chi connectivity index (χ0) is 15.2. The molecule has 2 rings (SSSR count). The first-order chi connectivity index (χ1) is 10.2. The highest BCUT2D eigenvalue weighted by Crippen LogP contribution is 2.38. The smallest absolute Gasteiger partial charge is 0.430 e. The van der Waals surface area contributed by atoms with E-state index in [0.717, 1.165) is 0 Å². The van der Waals surface area contributed by atoms with Crippen LogP contribution in [0.1, 0.15) is 10.4 Å². The summed E-state index contributed by atoms with van der Waals surface area (Å²) in [5.74, 6) is 0.416. The highest BCUT2D eigenvalue weighted by molar-refractivity contribution is 6.05. The lowest BCUT2D eigenvalue weighted by atomic mass is 10.2. The first-order valence-electron chi connectivity index (χ1n) is 6.17. The van der Waals surface area contributed by atoms with Crippen LogP contribution in [0.15, 0.2) is 42.5 Å². The third-order valence-corrected chi connectivity index (χ3v) is 2.89. The van der Waals surface area contributed by atoms with E-state index in [4.69, 9.17) is 14.9 Å². The number of nitrogens with one attached hydrogen (secondary N) is 1. The van der Waals surface area contributed by atoms with Gasteiger partial charge >= 0.3 is 5.69 Å². The first-order valence-corrected chi connectivity index (χ1v) is 6.17. The van der Waals surface area contributed by atoms with Crippen molar-refractivity contribution >= 4 is 17.3 Å². The van der Waals surface area contributed by atoms with Crippen LogP contribution in [-0.4, -0.2) is 20.1 Å². The first kappa shape index (κ1) is 17.3. The number of ether oxygens (including phenoxy) is 2. The minimum Gasteiger partial charge on any atom is -1.00 e. The van der Waals surface area contributed by atoms with E-state index < -0.39 is 0 Å². The summed E-state index contributed by atoms with van der Waals surface area (Å²) < 4.78 is 10.3. The summed E-state index contributed by atoms with van der Waals surface area (Å²) in [5, 5.41) is 11.7. The van der Waals surface area contributed by atoms with Crippen molar-refractivity contribution in [1.29, 1.82) is 5.39 Å². The fraction of sp³-hybridized carbons (Fsp3) is 0.133. The Morgan fingerprint density at radius 1 is 1.09 bits per heavy atom. The summed E-state index contributed by atoms with van der Waals surface area (Å²) in [6, 6.07) is 11.8. The number of halogens is 1. The van der Waals surface area contributed by atoms with Gasteiger partial charge in [0.25, 0.3) is 5.91 Å². The van der Waals surface area contributed by atoms with Crippen molar-refractivity contribution in [3.63, 3.8) is 0 Å². The molecule has 0 saturated heterocycles. The Balaban J connectivity index is 0.00000242. The van der Waals surface area contributed by atoms with Crippen molar-refractivity contribution in [2.75, 3.05) is 19.5 Å². The van der Waals surface area contributed by atoms with Gasteiger partial charge in [-0.3, -0.25) is 4.79 Å². The van der Waals surface area contributed by atoms with Crippen LogP contribution in [0.5, 0.6) is 11.5 Å². The van der Waals surface area contributed by atoms with Gasteiger partial charge in [0.15, 0.2) is 10.7 Å². The molecular formula is C15H14ClN3O3. The molecule has 6 nitrogen and oxygen atoms in total. The van der Waals surface area contributed by atoms with Crippen LogP contribution in [0, 0.1) is 5.39 Å². The molecule has 0 unspecified atom stereocenters. The molecule has 0 aliphatic heterocycles. The maximum absolute atomic E-state index is 12.2. The predicted molar refractivity (Wildman–Crippen MR) is 78.7 cm³/mol. The van der Waals surface area contributed by atoms with Gasteiger partial charge in [-0.05, 0) is 12.1 Å². The van der Waals surface area contributed by atoms with Gasteiger partial charge in [-0.15, -0.1) is 0 Å². The lowest BCUT2D eigenvalue weighted by Gasteiger charge is -2.10. The van der Waals surface area contributed by atoms with Gasteiger partial charge in [-0.1, -0.05) is 18.2 Å². The minimum absolute atomic E-state index is 0. The zero-order valence-corrected chi connectivity index (χ0v) is 12.8. The summed E-state index contributed by atoms with van der Waals surface area (Å²) in [5.41, 5.74) is 1.16. The molecule has 0 aromatic heterocycles. The molecule has 2 aromatic rings. The van der Waals surface area contributed by atoms with Crippen LogP contribution in [-0.2, 0) is 0 Å². The van der Waals surface area contributed by atoms with Crippen LogP contribution in [0.3, 0.4) is 0 Å². The summed E-state index contributed by atoms with van der Waals surface area (Å²) in [4.78, 5) is 15.3. The van der Waals surface area contributed by atoms with Crippen molar-refractivity contribution < 1.29 is 26.7 Å². The molecule has 22 heavy (non-hydrogen) atoms. The van der Waals surface area contributed by atoms with E-state index in [1.54, 1.807) is 24.3 Å². The minimum atomic E-state index is -0.273. The van der Waals surface area contributed by atoms with Crippen molar-refractivity contribution in [3.05, 3.63) is 53.0 Å². The molecule has 2 aromatic carbocycles. The molecule has 0 aliphatic carbocycles. The number of methoxy groups -OCH3 is 2. The Labute approximate surface area is 134 Å². The molecule has 0 spiro atoms. The van der Waals surface area contributed by atoms with E-state index in [9.17, 15) is 4.79 Å². The van der Waals surface area contributed by atoms with Gasteiger partial charge in [0.2, 0.25) is 11.1 Å². The molecule has 0 saturated carbocycles. The van der Waals surface area contributed by atoms with Gasteiger partial charge in [0.05, 0.1) is 26.0 Å². The standard InChI is InChI=1S/C15H13N3O3.ClH/c1-20-13-9-12(18-16)14(21-2)8-11(13)17-15(19)10-6-4-3-5-7-10;/h3-9H,1-2H3;1H. The van der Waals surface area contributed by atoms with Crippen molar-refractivity contribution in [2.24, 2.45) is 0 Å². The van der Waals surface area contributed by atoms with E-state index >= 15 is 0 Å². The Morgan fingerprint density at radius 2 is 1.73 bits per heavy atom. The molecule has 0 bridgehead atoms. The molecular weight excluding hydrogens is 306 g/mol. The number of amides is 1. The lowest BCUT2D eigenvalue weighted by Crippen LogP contribution is -3.00. The van der Waals surface area contributed by atoms with Crippen molar-refractivity contribution in [3.8, 4) is 11.5 Å². The highest BCUT2D eigenvalue weighted by atomic mass is 35.5. The molecule has 0 heterocycles. The van der Waals surface area contributed by atoms with E-state index in [1.807, 2.05) is 6.07 Å². The number of hydrogen-bond acceptors (Lipinski definition) is 4. The molecule has 114 valence electrons. The van der Waals surface area contributed by atoms with E-state index in [1.165, 1.54) is 26.4 Å². The Kier molecular flexibility index (Phi) is 6.17. The maximum atomic E-state index is 12.2. The molecule has 0 aliphatic rings. The fourth-order valence-corrected chi connectivity index (χ4v) is 1.84. The number of carbonyl (C=O) groups is 1. The second-order valence-electron chi connectivity index (χ2n) is 4.14. The van der Waals surface area contributed by atoms with Gasteiger partial charge < -0.3 is 27.2 Å². The van der Waals surface area contributed by atoms with Crippen LogP contribution < -0.4 is 27.2 Å². The van der Waals surface area contributed by atoms with E-state index in [-0.39, 0.29) is 24.0 Å². The Bertz CT molecular complexity index is 699. The van der Waals surface area contributed by atoms with Crippen molar-refractivity contribution in [2.45, 2.75) is 0 Å². The van der Waals surface area contributed by atoms with Gasteiger partial charge in [-0.25, -0.2) is 0 Å². The monoisotopic (exact) mass is 319 g/mol. The topological polar surface area (TPSA) is 75.7 Å². The number of rotatable bonds is 4. The van der Waals surface area contributed by atoms with Crippen LogP contribution in [0.2, 0.25) is 0 Å². The fourth-order valence-electron chi connectivity index (χ4n) is 1.84. The summed E-state index contributed by atoms with van der Waals surface area (Å²) in [7, 11) is 2.90. The van der Waals surface area contributed by atoms with Gasteiger partial charge in [-0.2, -0.15) is 0 Å². The maximum Gasteiger partial charge on any atom is 0.430 e. The number of carbonyl (C=O) groups excluding carboxylic acids is 1. The Hall–Kier alpha value is -2.78. The third kappa shape index (κ3) is 3.65. The number of nitrogens with zero attached hydrogens (tertiary/aromatic N) is 2. The van der Waals surface area contributed by atoms with Gasteiger partial charge in [0.1, 0.15) is 0 Å². The molecule has 1 amide bonds. The SMILES string of the molecule is COc1cc(NC(=O)c2ccccc2)c(OC)cc1[N+]#N.[Cl-]. The van der Waals surface area contributed by atoms with Crippen molar-refractivity contribution in [1.82, 2.24) is 0 Å². The average Bonchev–Trinajstić information content (AvgIpc) is 2.55. The van der Waals surface area contributed by atoms with Crippen LogP contribution in [0.4, 0.5) is 11.4 Å². The van der Waals surface area contributed by atoms with Crippen LogP contribution >= 0.6 is 0 Å². The number of diazo groups is 1. The average molecular weight is 320 g/mol. The highest BCUT2D eigenvalue weighted by Gasteiger charge is 2.21. The largest absolute Gasteiger partial charge is 1.00 e. The molecule has 7 heteroatoms. The predicted octanol–water partition coefficient (Wildman–Crippen LogP) is 0.445. The Morgan fingerprint density at radius 3 is 2.27 bits per heavy atom. The molecule has 0 atom stereocenters. The number of benzene rings is 2. The zero-order valence-electron chi connectivity index (χ0n) is 12.0. The number of hydrogen-bond donors (Lipinski definition) is 1.